The van der Waals surface area contributed by atoms with E-state index in [1.54, 1.807) is 0 Å². The molecule has 0 saturated carbocycles. The van der Waals surface area contributed by atoms with Crippen LogP contribution in [-0.2, 0) is 17.1 Å². The Kier molecular flexibility index (Phi) is 2.78. The molecule has 0 bridgehead atoms. The zero-order valence-corrected chi connectivity index (χ0v) is 10.2. The molecular weight excluding hydrogens is 214 g/mol. The van der Waals surface area contributed by atoms with Crippen LogP contribution in [0.4, 0.5) is 0 Å². The van der Waals surface area contributed by atoms with Crippen molar-refractivity contribution < 1.29 is 17.1 Å². The van der Waals surface area contributed by atoms with Crippen molar-refractivity contribution in [2.24, 2.45) is 0 Å². The molecule has 0 aliphatic heterocycles. The van der Waals surface area contributed by atoms with Gasteiger partial charge in [-0.05, 0) is 0 Å². The average molecular weight is 222 g/mol. The van der Waals surface area contributed by atoms with Crippen LogP contribution < -0.4 is 8.58 Å². The van der Waals surface area contributed by atoms with Crippen molar-refractivity contribution in [3.63, 3.8) is 0 Å². The topological polar surface area (TPSA) is 25.8 Å². The van der Waals surface area contributed by atoms with E-state index < -0.39 is 17.1 Å². The van der Waals surface area contributed by atoms with Gasteiger partial charge >= 0.3 is 84.5 Å². The molecule has 0 aromatic carbocycles. The van der Waals surface area contributed by atoms with Crippen LogP contribution in [-0.4, -0.2) is 9.97 Å². The third kappa shape index (κ3) is 2.43. The van der Waals surface area contributed by atoms with Gasteiger partial charge in [-0.2, -0.15) is 0 Å². The zero-order valence-electron chi connectivity index (χ0n) is 7.22. The summed E-state index contributed by atoms with van der Waals surface area (Å²) in [6.45, 7) is 0. The number of hydrogen-bond acceptors (Lipinski definition) is 2. The molecule has 2 aromatic heterocycles. The third-order valence-corrected chi connectivity index (χ3v) is 5.09. The van der Waals surface area contributed by atoms with Crippen molar-refractivity contribution in [2.75, 3.05) is 0 Å². The molecule has 60 valence electrons. The second-order valence-corrected chi connectivity index (χ2v) is 6.60. The van der Waals surface area contributed by atoms with E-state index in [1.165, 1.54) is 8.58 Å². The summed E-state index contributed by atoms with van der Waals surface area (Å²) >= 11 is -0.899. The molecule has 0 saturated heterocycles. The van der Waals surface area contributed by atoms with Crippen molar-refractivity contribution >= 4 is 8.58 Å². The predicted octanol–water partition coefficient (Wildman–Crippen LogP) is 0.510. The molecular formula is C10H8N2Zn. The van der Waals surface area contributed by atoms with Crippen LogP contribution in [0.2, 0.25) is 0 Å². The van der Waals surface area contributed by atoms with E-state index in [4.69, 9.17) is 0 Å². The fourth-order valence-corrected chi connectivity index (χ4v) is 3.86. The fraction of sp³-hybridized carbons (Fsp3) is 0. The summed E-state index contributed by atoms with van der Waals surface area (Å²) in [6.07, 6.45) is 3.70. The maximum atomic E-state index is 4.32. The van der Waals surface area contributed by atoms with Crippen LogP contribution in [0, 0.1) is 0 Å². The normalized spacial score (nSPS) is 9.23. The van der Waals surface area contributed by atoms with Gasteiger partial charge in [0, 0.05) is 0 Å². The maximum absolute atomic E-state index is 4.32. The number of pyridine rings is 2. The van der Waals surface area contributed by atoms with Crippen LogP contribution in [0.15, 0.2) is 48.8 Å². The Morgan fingerprint density at radius 3 is 1.69 bits per heavy atom. The molecule has 3 heteroatoms. The average Bonchev–Trinajstić information content (AvgIpc) is 2.21. The molecule has 2 nitrogen and oxygen atoms in total. The first-order valence-electron chi connectivity index (χ1n) is 4.25. The van der Waals surface area contributed by atoms with E-state index in [2.05, 4.69) is 22.1 Å². The standard InChI is InChI=1S/2C5H4N.Zn/c2*1-2-4-6-5-3-1;/h2*1-4H;. The zero-order chi connectivity index (χ0) is 8.93. The molecule has 0 N–H and O–H groups in total. The fourth-order valence-electron chi connectivity index (χ4n) is 1.19. The summed E-state index contributed by atoms with van der Waals surface area (Å²) in [5.41, 5.74) is 0. The van der Waals surface area contributed by atoms with Gasteiger partial charge in [0.1, 0.15) is 0 Å². The number of aromatic nitrogens is 2. The van der Waals surface area contributed by atoms with E-state index in [0.29, 0.717) is 0 Å². The van der Waals surface area contributed by atoms with Crippen molar-refractivity contribution in [1.29, 1.82) is 0 Å². The van der Waals surface area contributed by atoms with Crippen LogP contribution in [0.5, 0.6) is 0 Å². The van der Waals surface area contributed by atoms with Gasteiger partial charge in [-0.25, -0.2) is 0 Å². The van der Waals surface area contributed by atoms with Crippen molar-refractivity contribution in [3.05, 3.63) is 48.8 Å². The summed E-state index contributed by atoms with van der Waals surface area (Å²) in [5.74, 6) is 0. The molecule has 2 rings (SSSR count). The van der Waals surface area contributed by atoms with Crippen LogP contribution in [0.25, 0.3) is 0 Å². The Bertz CT molecular complexity index is 324. The van der Waals surface area contributed by atoms with E-state index in [9.17, 15) is 0 Å². The van der Waals surface area contributed by atoms with Gasteiger partial charge in [-0.3, -0.25) is 0 Å². The van der Waals surface area contributed by atoms with Gasteiger partial charge in [0.05, 0.1) is 0 Å². The monoisotopic (exact) mass is 220 g/mol. The van der Waals surface area contributed by atoms with Crippen molar-refractivity contribution in [1.82, 2.24) is 9.97 Å². The van der Waals surface area contributed by atoms with E-state index in [-0.39, 0.29) is 0 Å². The van der Waals surface area contributed by atoms with E-state index in [0.717, 1.165) is 0 Å². The second kappa shape index (κ2) is 4.24. The number of hydrogen-bond donors (Lipinski definition) is 0. The van der Waals surface area contributed by atoms with Gasteiger partial charge in [0.2, 0.25) is 0 Å². The molecule has 0 radical (unpaired) electrons. The van der Waals surface area contributed by atoms with Gasteiger partial charge < -0.3 is 0 Å². The van der Waals surface area contributed by atoms with Gasteiger partial charge in [-0.15, -0.1) is 0 Å². The summed E-state index contributed by atoms with van der Waals surface area (Å²) < 4.78 is 2.49. The minimum absolute atomic E-state index is 0.899. The molecule has 0 amide bonds. The second-order valence-electron chi connectivity index (χ2n) is 2.82. The Morgan fingerprint density at radius 2 is 1.31 bits per heavy atom. The molecule has 0 aliphatic carbocycles. The van der Waals surface area contributed by atoms with Gasteiger partial charge in [0.15, 0.2) is 0 Å². The Hall–Kier alpha value is -1.08. The minimum atomic E-state index is -0.899. The predicted molar refractivity (Wildman–Crippen MR) is 47.7 cm³/mol. The number of nitrogens with zero attached hydrogens (tertiary/aromatic N) is 2. The van der Waals surface area contributed by atoms with Crippen LogP contribution >= 0.6 is 0 Å². The molecule has 0 unspecified atom stereocenters. The first kappa shape index (κ1) is 8.52. The van der Waals surface area contributed by atoms with E-state index >= 15 is 0 Å². The van der Waals surface area contributed by atoms with Crippen LogP contribution in [0.3, 0.4) is 0 Å². The molecule has 0 spiro atoms. The molecule has 0 aliphatic rings. The SMILES string of the molecule is c1cc[c]([Zn][c]2ccccn2)nc1. The summed E-state index contributed by atoms with van der Waals surface area (Å²) in [5, 5.41) is 0. The van der Waals surface area contributed by atoms with Gasteiger partial charge in [-0.1, -0.05) is 0 Å². The van der Waals surface area contributed by atoms with Crippen molar-refractivity contribution in [3.8, 4) is 0 Å². The Morgan fingerprint density at radius 1 is 0.769 bits per heavy atom. The van der Waals surface area contributed by atoms with Gasteiger partial charge in [0.25, 0.3) is 0 Å². The first-order valence-corrected chi connectivity index (χ1v) is 7.22. The van der Waals surface area contributed by atoms with Crippen molar-refractivity contribution in [2.45, 2.75) is 0 Å². The summed E-state index contributed by atoms with van der Waals surface area (Å²) in [4.78, 5) is 8.63. The molecule has 0 atom stereocenters. The van der Waals surface area contributed by atoms with Crippen LogP contribution in [0.1, 0.15) is 0 Å². The van der Waals surface area contributed by atoms with E-state index in [1.807, 2.05) is 36.7 Å². The molecule has 2 heterocycles. The summed E-state index contributed by atoms with van der Waals surface area (Å²) in [6, 6.07) is 12.2. The number of rotatable bonds is 2. The Balaban J connectivity index is 2.16. The molecule has 2 aromatic rings. The third-order valence-electron chi connectivity index (χ3n) is 1.81. The molecule has 0 fully saturated rings. The first-order chi connectivity index (χ1) is 6.45. The Labute approximate surface area is 84.6 Å². The summed E-state index contributed by atoms with van der Waals surface area (Å²) in [7, 11) is 0. The molecule has 13 heavy (non-hydrogen) atoms. The quantitative estimate of drug-likeness (QED) is 0.691.